The van der Waals surface area contributed by atoms with Crippen LogP contribution in [0.4, 0.5) is 5.69 Å². The highest BCUT2D eigenvalue weighted by molar-refractivity contribution is 5.93. The molecule has 0 bridgehead atoms. The second-order valence-corrected chi connectivity index (χ2v) is 8.16. The lowest BCUT2D eigenvalue weighted by molar-refractivity contribution is -0.895. The van der Waals surface area contributed by atoms with Gasteiger partial charge < -0.3 is 19.9 Å². The van der Waals surface area contributed by atoms with E-state index in [4.69, 9.17) is 4.74 Å². The zero-order chi connectivity index (χ0) is 21.7. The highest BCUT2D eigenvalue weighted by Gasteiger charge is 2.25. The number of rotatable bonds is 6. The van der Waals surface area contributed by atoms with E-state index in [2.05, 4.69) is 12.2 Å². The van der Waals surface area contributed by atoms with Crippen LogP contribution in [0.15, 0.2) is 36.4 Å². The van der Waals surface area contributed by atoms with Crippen LogP contribution in [0.2, 0.25) is 0 Å². The smallest absolute Gasteiger partial charge is 0.279 e. The Labute approximate surface area is 178 Å². The lowest BCUT2D eigenvalue weighted by Gasteiger charge is -2.31. The van der Waals surface area contributed by atoms with Crippen LogP contribution in [0, 0.1) is 27.7 Å². The second-order valence-electron chi connectivity index (χ2n) is 8.16. The molecule has 0 unspecified atom stereocenters. The maximum Gasteiger partial charge on any atom is 0.279 e. The molecule has 0 radical (unpaired) electrons. The highest BCUT2D eigenvalue weighted by Crippen LogP contribution is 2.19. The number of carbonyl (C=O) groups excluding carboxylic acids is 2. The second kappa shape index (κ2) is 9.76. The topological polar surface area (TPSA) is 63.1 Å². The first-order valence-electron chi connectivity index (χ1n) is 10.5. The minimum absolute atomic E-state index is 0.00716. The van der Waals surface area contributed by atoms with E-state index >= 15 is 0 Å². The summed E-state index contributed by atoms with van der Waals surface area (Å²) in [7, 11) is 0. The molecule has 2 aromatic carbocycles. The molecule has 2 aromatic rings. The molecule has 6 nitrogen and oxygen atoms in total. The van der Waals surface area contributed by atoms with Gasteiger partial charge in [0.2, 0.25) is 0 Å². The fraction of sp³-hybridized carbons (Fsp3) is 0.417. The predicted octanol–water partition coefficient (Wildman–Crippen LogP) is 1.66. The van der Waals surface area contributed by atoms with Gasteiger partial charge in [0.25, 0.3) is 11.8 Å². The molecule has 1 heterocycles. The van der Waals surface area contributed by atoms with Gasteiger partial charge in [-0.1, -0.05) is 24.3 Å². The van der Waals surface area contributed by atoms with E-state index in [1.54, 1.807) is 0 Å². The summed E-state index contributed by atoms with van der Waals surface area (Å²) in [5.41, 5.74) is 5.39. The molecule has 6 heteroatoms. The molecule has 30 heavy (non-hydrogen) atoms. The maximum absolute atomic E-state index is 12.5. The van der Waals surface area contributed by atoms with Crippen LogP contribution in [0.3, 0.4) is 0 Å². The van der Waals surface area contributed by atoms with Gasteiger partial charge in [-0.3, -0.25) is 9.59 Å². The Bertz CT molecular complexity index is 898. The lowest BCUT2D eigenvalue weighted by atomic mass is 10.1. The monoisotopic (exact) mass is 410 g/mol. The molecule has 0 atom stereocenters. The Kier molecular flexibility index (Phi) is 7.11. The van der Waals surface area contributed by atoms with Crippen molar-refractivity contribution < 1.29 is 19.2 Å². The summed E-state index contributed by atoms with van der Waals surface area (Å²) in [6, 6.07) is 11.8. The normalized spacial score (nSPS) is 14.5. The van der Waals surface area contributed by atoms with Gasteiger partial charge in [-0.2, -0.15) is 0 Å². The van der Waals surface area contributed by atoms with Crippen molar-refractivity contribution in [2.45, 2.75) is 27.7 Å². The Morgan fingerprint density at radius 1 is 0.967 bits per heavy atom. The number of quaternary nitrogens is 1. The SMILES string of the molecule is Cc1ccc(OCC(=O)N2CC[NH+](CC(=O)Nc3c(C)cccc3C)CC2)cc1C. The molecule has 2 amide bonds. The van der Waals surface area contributed by atoms with Crippen LogP contribution in [0.5, 0.6) is 5.75 Å². The van der Waals surface area contributed by atoms with E-state index in [1.807, 2.05) is 62.1 Å². The highest BCUT2D eigenvalue weighted by atomic mass is 16.5. The van der Waals surface area contributed by atoms with Crippen molar-refractivity contribution in [3.05, 3.63) is 58.7 Å². The average molecular weight is 411 g/mol. The number of hydrogen-bond donors (Lipinski definition) is 2. The number of nitrogens with one attached hydrogen (secondary N) is 2. The molecule has 3 rings (SSSR count). The number of amides is 2. The van der Waals surface area contributed by atoms with Crippen molar-refractivity contribution in [3.63, 3.8) is 0 Å². The van der Waals surface area contributed by atoms with Crippen LogP contribution < -0.4 is 15.0 Å². The van der Waals surface area contributed by atoms with Gasteiger partial charge in [0.05, 0.1) is 26.2 Å². The maximum atomic E-state index is 12.5. The third-order valence-electron chi connectivity index (χ3n) is 5.82. The Balaban J connectivity index is 1.43. The van der Waals surface area contributed by atoms with E-state index < -0.39 is 0 Å². The molecule has 0 aromatic heterocycles. The molecule has 1 aliphatic rings. The first-order chi connectivity index (χ1) is 14.3. The van der Waals surface area contributed by atoms with Gasteiger partial charge in [0.1, 0.15) is 5.75 Å². The number of benzene rings is 2. The fourth-order valence-corrected chi connectivity index (χ4v) is 3.71. The van der Waals surface area contributed by atoms with Gasteiger partial charge >= 0.3 is 0 Å². The molecule has 1 aliphatic heterocycles. The van der Waals surface area contributed by atoms with Crippen molar-refractivity contribution in [2.24, 2.45) is 0 Å². The zero-order valence-electron chi connectivity index (χ0n) is 18.4. The van der Waals surface area contributed by atoms with E-state index in [1.165, 1.54) is 10.5 Å². The third kappa shape index (κ3) is 5.60. The van der Waals surface area contributed by atoms with Crippen LogP contribution >= 0.6 is 0 Å². The summed E-state index contributed by atoms with van der Waals surface area (Å²) in [5, 5.41) is 3.05. The Morgan fingerprint density at radius 2 is 1.63 bits per heavy atom. The number of anilines is 1. The van der Waals surface area contributed by atoms with Crippen LogP contribution in [0.1, 0.15) is 22.3 Å². The van der Waals surface area contributed by atoms with E-state index in [0.29, 0.717) is 19.6 Å². The van der Waals surface area contributed by atoms with E-state index in [0.717, 1.165) is 41.2 Å². The van der Waals surface area contributed by atoms with Gasteiger partial charge in [0, 0.05) is 5.69 Å². The summed E-state index contributed by atoms with van der Waals surface area (Å²) in [6.45, 7) is 11.3. The summed E-state index contributed by atoms with van der Waals surface area (Å²) in [5.74, 6) is 0.728. The minimum Gasteiger partial charge on any atom is -0.484 e. The number of nitrogens with zero attached hydrogens (tertiary/aromatic N) is 1. The zero-order valence-corrected chi connectivity index (χ0v) is 18.4. The fourth-order valence-electron chi connectivity index (χ4n) is 3.71. The molecule has 1 fully saturated rings. The number of ether oxygens (including phenoxy) is 1. The van der Waals surface area contributed by atoms with E-state index in [9.17, 15) is 9.59 Å². The number of carbonyl (C=O) groups is 2. The van der Waals surface area contributed by atoms with Gasteiger partial charge in [-0.15, -0.1) is 0 Å². The summed E-state index contributed by atoms with van der Waals surface area (Å²) < 4.78 is 5.67. The minimum atomic E-state index is -0.00716. The molecule has 2 N–H and O–H groups in total. The van der Waals surface area contributed by atoms with Crippen molar-refractivity contribution in [3.8, 4) is 5.75 Å². The molecule has 1 saturated heterocycles. The molecular formula is C24H32N3O3+. The number of piperazine rings is 1. The van der Waals surface area contributed by atoms with Crippen LogP contribution in [0.25, 0.3) is 0 Å². The van der Waals surface area contributed by atoms with Gasteiger partial charge in [-0.25, -0.2) is 0 Å². The average Bonchev–Trinajstić information content (AvgIpc) is 2.72. The van der Waals surface area contributed by atoms with Crippen molar-refractivity contribution in [1.82, 2.24) is 4.90 Å². The first kappa shape index (κ1) is 21.8. The molecule has 160 valence electrons. The molecule has 0 saturated carbocycles. The van der Waals surface area contributed by atoms with Crippen molar-refractivity contribution in [1.29, 1.82) is 0 Å². The number of para-hydroxylation sites is 1. The van der Waals surface area contributed by atoms with Gasteiger partial charge in [0.15, 0.2) is 13.2 Å². The standard InChI is InChI=1S/C24H31N3O3/c1-17-8-9-21(14-20(17)4)30-16-23(29)27-12-10-26(11-13-27)15-22(28)25-24-18(2)6-5-7-19(24)3/h5-9,14H,10-13,15-16H2,1-4H3,(H,25,28)/p+1. The van der Waals surface area contributed by atoms with Crippen LogP contribution in [-0.2, 0) is 9.59 Å². The lowest BCUT2D eigenvalue weighted by Crippen LogP contribution is -3.15. The Hall–Kier alpha value is -2.86. The third-order valence-corrected chi connectivity index (χ3v) is 5.82. The Morgan fingerprint density at radius 3 is 2.27 bits per heavy atom. The van der Waals surface area contributed by atoms with E-state index in [-0.39, 0.29) is 18.4 Å². The first-order valence-corrected chi connectivity index (χ1v) is 10.5. The van der Waals surface area contributed by atoms with Gasteiger partial charge in [-0.05, 0) is 62.1 Å². The van der Waals surface area contributed by atoms with Crippen molar-refractivity contribution in [2.75, 3.05) is 44.6 Å². The largest absolute Gasteiger partial charge is 0.484 e. The quantitative estimate of drug-likeness (QED) is 0.762. The van der Waals surface area contributed by atoms with Crippen molar-refractivity contribution >= 4 is 17.5 Å². The summed E-state index contributed by atoms with van der Waals surface area (Å²) in [6.07, 6.45) is 0. The molecule has 0 aliphatic carbocycles. The summed E-state index contributed by atoms with van der Waals surface area (Å²) >= 11 is 0. The molecular weight excluding hydrogens is 378 g/mol. The van der Waals surface area contributed by atoms with Crippen LogP contribution in [-0.4, -0.2) is 56.0 Å². The predicted molar refractivity (Wildman–Crippen MR) is 118 cm³/mol. The number of hydrogen-bond acceptors (Lipinski definition) is 3. The number of aryl methyl sites for hydroxylation is 4. The summed E-state index contributed by atoms with van der Waals surface area (Å²) in [4.78, 5) is 28.0. The molecule has 0 spiro atoms.